The Morgan fingerprint density at radius 1 is 1.30 bits per heavy atom. The quantitative estimate of drug-likeness (QED) is 0.911. The number of aliphatic hydroxyl groups excluding tert-OH is 1. The molecule has 20 heavy (non-hydrogen) atoms. The van der Waals surface area contributed by atoms with Gasteiger partial charge in [-0.3, -0.25) is 4.68 Å². The summed E-state index contributed by atoms with van der Waals surface area (Å²) in [5.41, 5.74) is 0.474. The number of halogens is 1. The van der Waals surface area contributed by atoms with E-state index in [1.165, 1.54) is 32.5 Å². The minimum Gasteiger partial charge on any atom is -0.496 e. The van der Waals surface area contributed by atoms with Gasteiger partial charge in [-0.1, -0.05) is 6.07 Å². The molecule has 0 spiro atoms. The monoisotopic (exact) mass is 280 g/mol. The van der Waals surface area contributed by atoms with Gasteiger partial charge in [0.15, 0.2) is 5.75 Å². The fraction of sp³-hybridized carbons (Fsp3) is 0.357. The first kappa shape index (κ1) is 14.3. The SMILES string of the molecule is CCn1ncc(OC)c1C(O)c1c(F)cccc1OC. The van der Waals surface area contributed by atoms with Crippen molar-refractivity contribution in [2.45, 2.75) is 19.6 Å². The van der Waals surface area contributed by atoms with Crippen LogP contribution in [0.4, 0.5) is 4.39 Å². The largest absolute Gasteiger partial charge is 0.496 e. The Morgan fingerprint density at radius 3 is 2.60 bits per heavy atom. The van der Waals surface area contributed by atoms with Crippen LogP contribution in [-0.4, -0.2) is 29.1 Å². The highest BCUT2D eigenvalue weighted by atomic mass is 19.1. The van der Waals surface area contributed by atoms with Crippen molar-refractivity contribution in [1.29, 1.82) is 0 Å². The maximum Gasteiger partial charge on any atom is 0.163 e. The van der Waals surface area contributed by atoms with Gasteiger partial charge in [0.2, 0.25) is 0 Å². The fourth-order valence-electron chi connectivity index (χ4n) is 2.16. The van der Waals surface area contributed by atoms with Crippen molar-refractivity contribution in [3.8, 4) is 11.5 Å². The molecule has 2 aromatic rings. The summed E-state index contributed by atoms with van der Waals surface area (Å²) in [4.78, 5) is 0. The van der Waals surface area contributed by atoms with E-state index in [-0.39, 0.29) is 11.3 Å². The second-order valence-electron chi connectivity index (χ2n) is 4.17. The van der Waals surface area contributed by atoms with Crippen molar-refractivity contribution in [3.63, 3.8) is 0 Å². The van der Waals surface area contributed by atoms with E-state index in [1.807, 2.05) is 6.92 Å². The maximum absolute atomic E-state index is 14.0. The summed E-state index contributed by atoms with van der Waals surface area (Å²) in [6, 6.07) is 4.40. The molecule has 1 N–H and O–H groups in total. The molecule has 0 aliphatic heterocycles. The molecule has 0 aliphatic carbocycles. The molecule has 6 heteroatoms. The molecule has 1 atom stereocenters. The minimum absolute atomic E-state index is 0.0727. The van der Waals surface area contributed by atoms with Gasteiger partial charge in [0, 0.05) is 6.54 Å². The van der Waals surface area contributed by atoms with Gasteiger partial charge in [0.05, 0.1) is 26.0 Å². The first-order chi connectivity index (χ1) is 9.63. The number of aliphatic hydroxyl groups is 1. The molecule has 0 amide bonds. The summed E-state index contributed by atoms with van der Waals surface area (Å²) in [6.45, 7) is 2.41. The number of nitrogens with zero attached hydrogens (tertiary/aromatic N) is 2. The summed E-state index contributed by atoms with van der Waals surface area (Å²) >= 11 is 0. The number of hydrogen-bond donors (Lipinski definition) is 1. The number of hydrogen-bond acceptors (Lipinski definition) is 4. The van der Waals surface area contributed by atoms with Crippen LogP contribution in [0.5, 0.6) is 11.5 Å². The molecule has 5 nitrogen and oxygen atoms in total. The lowest BCUT2D eigenvalue weighted by Gasteiger charge is -2.17. The third-order valence-corrected chi connectivity index (χ3v) is 3.13. The Morgan fingerprint density at radius 2 is 2.00 bits per heavy atom. The predicted molar refractivity (Wildman–Crippen MR) is 71.5 cm³/mol. The molecule has 1 unspecified atom stereocenters. The van der Waals surface area contributed by atoms with E-state index in [1.54, 1.807) is 10.7 Å². The molecule has 0 bridgehead atoms. The third-order valence-electron chi connectivity index (χ3n) is 3.13. The molecule has 0 radical (unpaired) electrons. The zero-order chi connectivity index (χ0) is 14.7. The average molecular weight is 280 g/mol. The van der Waals surface area contributed by atoms with Gasteiger partial charge in [-0.05, 0) is 19.1 Å². The Labute approximate surface area is 116 Å². The van der Waals surface area contributed by atoms with Crippen LogP contribution in [0, 0.1) is 5.82 Å². The van der Waals surface area contributed by atoms with Gasteiger partial charge in [-0.25, -0.2) is 4.39 Å². The highest BCUT2D eigenvalue weighted by Crippen LogP contribution is 2.36. The van der Waals surface area contributed by atoms with Crippen molar-refractivity contribution in [2.75, 3.05) is 14.2 Å². The van der Waals surface area contributed by atoms with Crippen LogP contribution in [0.25, 0.3) is 0 Å². The van der Waals surface area contributed by atoms with Crippen LogP contribution in [-0.2, 0) is 6.54 Å². The fourth-order valence-corrected chi connectivity index (χ4v) is 2.16. The predicted octanol–water partition coefficient (Wildman–Crippen LogP) is 2.14. The van der Waals surface area contributed by atoms with Crippen molar-refractivity contribution in [3.05, 3.63) is 41.5 Å². The maximum atomic E-state index is 14.0. The lowest BCUT2D eigenvalue weighted by Crippen LogP contribution is -2.12. The average Bonchev–Trinajstić information content (AvgIpc) is 2.89. The standard InChI is InChI=1S/C14H17FN2O3/c1-4-17-13(11(20-3)8-16-17)14(18)12-9(15)6-5-7-10(12)19-2/h5-8,14,18H,4H2,1-3H3. The molecular weight excluding hydrogens is 263 g/mol. The molecular formula is C14H17FN2O3. The Kier molecular flexibility index (Phi) is 4.24. The normalized spacial score (nSPS) is 12.2. The number of rotatable bonds is 5. The number of aryl methyl sites for hydroxylation is 1. The first-order valence-electron chi connectivity index (χ1n) is 6.24. The topological polar surface area (TPSA) is 56.5 Å². The lowest BCUT2D eigenvalue weighted by atomic mass is 10.0. The van der Waals surface area contributed by atoms with Crippen LogP contribution in [0.15, 0.2) is 24.4 Å². The molecule has 0 aliphatic rings. The van der Waals surface area contributed by atoms with Crippen LogP contribution < -0.4 is 9.47 Å². The molecule has 1 aromatic carbocycles. The van der Waals surface area contributed by atoms with E-state index >= 15 is 0 Å². The Hall–Kier alpha value is -2.08. The summed E-state index contributed by atoms with van der Waals surface area (Å²) < 4.78 is 25.9. The van der Waals surface area contributed by atoms with Gasteiger partial charge in [0.1, 0.15) is 23.4 Å². The molecule has 0 saturated carbocycles. The van der Waals surface area contributed by atoms with E-state index in [0.29, 0.717) is 18.0 Å². The van der Waals surface area contributed by atoms with Crippen LogP contribution >= 0.6 is 0 Å². The van der Waals surface area contributed by atoms with Crippen molar-refractivity contribution >= 4 is 0 Å². The summed E-state index contributed by atoms with van der Waals surface area (Å²) in [5.74, 6) is 0.149. The first-order valence-corrected chi connectivity index (χ1v) is 6.24. The van der Waals surface area contributed by atoms with Gasteiger partial charge in [-0.15, -0.1) is 0 Å². The van der Waals surface area contributed by atoms with Crippen LogP contribution in [0.2, 0.25) is 0 Å². The second kappa shape index (κ2) is 5.92. The van der Waals surface area contributed by atoms with Gasteiger partial charge < -0.3 is 14.6 Å². The summed E-state index contributed by atoms with van der Waals surface area (Å²) in [7, 11) is 2.91. The number of benzene rings is 1. The molecule has 0 saturated heterocycles. The smallest absolute Gasteiger partial charge is 0.163 e. The van der Waals surface area contributed by atoms with E-state index in [0.717, 1.165) is 0 Å². The minimum atomic E-state index is -1.22. The van der Waals surface area contributed by atoms with Crippen LogP contribution in [0.1, 0.15) is 24.3 Å². The molecule has 1 aromatic heterocycles. The lowest BCUT2D eigenvalue weighted by molar-refractivity contribution is 0.192. The van der Waals surface area contributed by atoms with Gasteiger partial charge >= 0.3 is 0 Å². The zero-order valence-corrected chi connectivity index (χ0v) is 11.6. The van der Waals surface area contributed by atoms with Gasteiger partial charge in [0.25, 0.3) is 0 Å². The van der Waals surface area contributed by atoms with Crippen LogP contribution in [0.3, 0.4) is 0 Å². The van der Waals surface area contributed by atoms with Gasteiger partial charge in [-0.2, -0.15) is 5.10 Å². The number of aromatic nitrogens is 2. The summed E-state index contributed by atoms with van der Waals surface area (Å²) in [6.07, 6.45) is 0.276. The third kappa shape index (κ3) is 2.34. The Bertz CT molecular complexity index is 577. The second-order valence-corrected chi connectivity index (χ2v) is 4.17. The molecule has 1 heterocycles. The van der Waals surface area contributed by atoms with E-state index < -0.39 is 11.9 Å². The molecule has 0 fully saturated rings. The number of methoxy groups -OCH3 is 2. The van der Waals surface area contributed by atoms with Crippen molar-refractivity contribution in [1.82, 2.24) is 9.78 Å². The highest BCUT2D eigenvalue weighted by molar-refractivity contribution is 5.43. The van der Waals surface area contributed by atoms with E-state index in [9.17, 15) is 9.50 Å². The highest BCUT2D eigenvalue weighted by Gasteiger charge is 2.26. The Balaban J connectivity index is 2.57. The van der Waals surface area contributed by atoms with Crippen molar-refractivity contribution < 1.29 is 19.0 Å². The zero-order valence-electron chi connectivity index (χ0n) is 11.6. The van der Waals surface area contributed by atoms with E-state index in [4.69, 9.17) is 9.47 Å². The van der Waals surface area contributed by atoms with E-state index in [2.05, 4.69) is 5.10 Å². The molecule has 2 rings (SSSR count). The summed E-state index contributed by atoms with van der Waals surface area (Å²) in [5, 5.41) is 14.6. The van der Waals surface area contributed by atoms with Crippen molar-refractivity contribution in [2.24, 2.45) is 0 Å². The molecule has 108 valence electrons. The number of ether oxygens (including phenoxy) is 2.